The molecular formula is C17H21ClN2S. The van der Waals surface area contributed by atoms with E-state index < -0.39 is 0 Å². The monoisotopic (exact) mass is 320 g/mol. The van der Waals surface area contributed by atoms with E-state index >= 15 is 0 Å². The first kappa shape index (κ1) is 16.3. The van der Waals surface area contributed by atoms with Gasteiger partial charge < -0.3 is 5.32 Å². The second kappa shape index (κ2) is 8.42. The molecule has 0 saturated carbocycles. The van der Waals surface area contributed by atoms with Crippen LogP contribution in [0.1, 0.15) is 37.6 Å². The number of rotatable bonds is 7. The summed E-state index contributed by atoms with van der Waals surface area (Å²) in [5.74, 6) is 0.866. The van der Waals surface area contributed by atoms with Gasteiger partial charge in [0.25, 0.3) is 0 Å². The van der Waals surface area contributed by atoms with Crippen LogP contribution in [0.15, 0.2) is 47.5 Å². The van der Waals surface area contributed by atoms with Crippen molar-refractivity contribution < 1.29 is 0 Å². The van der Waals surface area contributed by atoms with Gasteiger partial charge in [0.05, 0.1) is 5.69 Å². The molecule has 112 valence electrons. The second-order valence-corrected chi connectivity index (χ2v) is 6.27. The standard InChI is InChI=1S/C17H21ClN2S/c1-3-16(19-4-2)17-10-9-14(11-20-17)21-12-13-7-5-6-8-15(13)18/h5-11,16,19H,3-4,12H2,1-2H3. The summed E-state index contributed by atoms with van der Waals surface area (Å²) in [6.07, 6.45) is 3.00. The van der Waals surface area contributed by atoms with E-state index in [4.69, 9.17) is 11.6 Å². The van der Waals surface area contributed by atoms with Crippen LogP contribution in [0.2, 0.25) is 5.02 Å². The third kappa shape index (κ3) is 4.73. The zero-order chi connectivity index (χ0) is 15.1. The Hall–Kier alpha value is -1.03. The predicted molar refractivity (Wildman–Crippen MR) is 92.0 cm³/mol. The number of nitrogens with zero attached hydrogens (tertiary/aromatic N) is 1. The number of hydrogen-bond donors (Lipinski definition) is 1. The largest absolute Gasteiger partial charge is 0.309 e. The quantitative estimate of drug-likeness (QED) is 0.719. The topological polar surface area (TPSA) is 24.9 Å². The fourth-order valence-electron chi connectivity index (χ4n) is 2.16. The van der Waals surface area contributed by atoms with Crippen molar-refractivity contribution in [3.05, 3.63) is 58.9 Å². The van der Waals surface area contributed by atoms with E-state index in [1.54, 1.807) is 11.8 Å². The molecule has 1 aromatic carbocycles. The van der Waals surface area contributed by atoms with Crippen LogP contribution in [0.3, 0.4) is 0 Å². The van der Waals surface area contributed by atoms with Gasteiger partial charge in [-0.3, -0.25) is 4.98 Å². The van der Waals surface area contributed by atoms with Crippen molar-refractivity contribution in [2.75, 3.05) is 6.54 Å². The van der Waals surface area contributed by atoms with Gasteiger partial charge in [-0.25, -0.2) is 0 Å². The van der Waals surface area contributed by atoms with Crippen molar-refractivity contribution in [2.24, 2.45) is 0 Å². The van der Waals surface area contributed by atoms with Crippen LogP contribution in [-0.4, -0.2) is 11.5 Å². The third-order valence-corrected chi connectivity index (χ3v) is 4.73. The lowest BCUT2D eigenvalue weighted by molar-refractivity contribution is 0.524. The van der Waals surface area contributed by atoms with Gasteiger partial charge in [0.1, 0.15) is 0 Å². The van der Waals surface area contributed by atoms with Crippen LogP contribution in [-0.2, 0) is 5.75 Å². The molecule has 1 N–H and O–H groups in total. The fraction of sp³-hybridized carbons (Fsp3) is 0.353. The van der Waals surface area contributed by atoms with Gasteiger partial charge in [-0.05, 0) is 36.7 Å². The van der Waals surface area contributed by atoms with Crippen LogP contribution in [0, 0.1) is 0 Å². The molecule has 2 aromatic rings. The minimum absolute atomic E-state index is 0.345. The first-order valence-corrected chi connectivity index (χ1v) is 8.66. The molecule has 0 aliphatic carbocycles. The first-order valence-electron chi connectivity index (χ1n) is 7.30. The highest BCUT2D eigenvalue weighted by Gasteiger charge is 2.09. The Labute approximate surface area is 136 Å². The van der Waals surface area contributed by atoms with Crippen LogP contribution >= 0.6 is 23.4 Å². The Morgan fingerprint density at radius 1 is 1.19 bits per heavy atom. The summed E-state index contributed by atoms with van der Waals surface area (Å²) in [6, 6.07) is 12.6. The maximum atomic E-state index is 6.17. The average molecular weight is 321 g/mol. The van der Waals surface area contributed by atoms with Gasteiger partial charge in [0.2, 0.25) is 0 Å². The number of nitrogens with one attached hydrogen (secondary N) is 1. The van der Waals surface area contributed by atoms with Gasteiger partial charge in [-0.2, -0.15) is 0 Å². The van der Waals surface area contributed by atoms with E-state index in [-0.39, 0.29) is 0 Å². The maximum Gasteiger partial charge on any atom is 0.0573 e. The van der Waals surface area contributed by atoms with Crippen LogP contribution in [0.25, 0.3) is 0 Å². The molecule has 21 heavy (non-hydrogen) atoms. The van der Waals surface area contributed by atoms with Crippen LogP contribution in [0.4, 0.5) is 0 Å². The molecule has 1 heterocycles. The lowest BCUT2D eigenvalue weighted by atomic mass is 10.1. The fourth-order valence-corrected chi connectivity index (χ4v) is 3.31. The van der Waals surface area contributed by atoms with Crippen molar-refractivity contribution in [2.45, 2.75) is 37.0 Å². The van der Waals surface area contributed by atoms with Crippen molar-refractivity contribution in [3.63, 3.8) is 0 Å². The molecule has 0 spiro atoms. The summed E-state index contributed by atoms with van der Waals surface area (Å²) < 4.78 is 0. The van der Waals surface area contributed by atoms with Crippen molar-refractivity contribution in [3.8, 4) is 0 Å². The van der Waals surface area contributed by atoms with E-state index in [9.17, 15) is 0 Å². The Morgan fingerprint density at radius 2 is 2.00 bits per heavy atom. The minimum Gasteiger partial charge on any atom is -0.309 e. The highest BCUT2D eigenvalue weighted by atomic mass is 35.5. The number of pyridine rings is 1. The molecule has 0 amide bonds. The Bertz CT molecular complexity index is 557. The summed E-state index contributed by atoms with van der Waals surface area (Å²) in [5.41, 5.74) is 2.27. The van der Waals surface area contributed by atoms with Gasteiger partial charge in [0.15, 0.2) is 0 Å². The molecule has 1 atom stereocenters. The third-order valence-electron chi connectivity index (χ3n) is 3.33. The second-order valence-electron chi connectivity index (χ2n) is 4.82. The number of halogens is 1. The summed E-state index contributed by atoms with van der Waals surface area (Å²) in [4.78, 5) is 5.76. The zero-order valence-corrected chi connectivity index (χ0v) is 14.0. The number of thioether (sulfide) groups is 1. The van der Waals surface area contributed by atoms with E-state index in [1.807, 2.05) is 24.4 Å². The number of hydrogen-bond acceptors (Lipinski definition) is 3. The predicted octanol–water partition coefficient (Wildman–Crippen LogP) is 5.09. The highest BCUT2D eigenvalue weighted by Crippen LogP contribution is 2.27. The van der Waals surface area contributed by atoms with Gasteiger partial charge >= 0.3 is 0 Å². The molecular weight excluding hydrogens is 300 g/mol. The van der Waals surface area contributed by atoms with Gasteiger partial charge in [0, 0.05) is 27.9 Å². The molecule has 4 heteroatoms. The Balaban J connectivity index is 1.98. The molecule has 0 radical (unpaired) electrons. The van der Waals surface area contributed by atoms with E-state index in [0.29, 0.717) is 6.04 Å². The summed E-state index contributed by atoms with van der Waals surface area (Å²) >= 11 is 7.94. The van der Waals surface area contributed by atoms with Crippen molar-refractivity contribution in [1.29, 1.82) is 0 Å². The highest BCUT2D eigenvalue weighted by molar-refractivity contribution is 7.98. The van der Waals surface area contributed by atoms with Crippen molar-refractivity contribution >= 4 is 23.4 Å². The van der Waals surface area contributed by atoms with Crippen molar-refractivity contribution in [1.82, 2.24) is 10.3 Å². The smallest absolute Gasteiger partial charge is 0.0573 e. The van der Waals surface area contributed by atoms with Crippen LogP contribution < -0.4 is 5.32 Å². The molecule has 0 aliphatic rings. The lowest BCUT2D eigenvalue weighted by Crippen LogP contribution is -2.20. The Kier molecular flexibility index (Phi) is 6.55. The molecule has 0 fully saturated rings. The molecule has 0 saturated heterocycles. The SMILES string of the molecule is CCNC(CC)c1ccc(SCc2ccccc2Cl)cn1. The molecule has 0 bridgehead atoms. The molecule has 0 aliphatic heterocycles. The van der Waals surface area contributed by atoms with E-state index in [2.05, 4.69) is 42.3 Å². The number of benzene rings is 1. The molecule has 2 nitrogen and oxygen atoms in total. The molecule has 2 rings (SSSR count). The lowest BCUT2D eigenvalue weighted by Gasteiger charge is -2.15. The first-order chi connectivity index (χ1) is 10.2. The molecule has 1 unspecified atom stereocenters. The normalized spacial score (nSPS) is 12.3. The zero-order valence-electron chi connectivity index (χ0n) is 12.5. The van der Waals surface area contributed by atoms with E-state index in [1.165, 1.54) is 4.90 Å². The van der Waals surface area contributed by atoms with Gasteiger partial charge in [-0.15, -0.1) is 11.8 Å². The summed E-state index contributed by atoms with van der Waals surface area (Å²) in [6.45, 7) is 5.26. The van der Waals surface area contributed by atoms with Gasteiger partial charge in [-0.1, -0.05) is 43.6 Å². The van der Waals surface area contributed by atoms with Crippen LogP contribution in [0.5, 0.6) is 0 Å². The molecule has 1 aromatic heterocycles. The summed E-state index contributed by atoms with van der Waals surface area (Å²) in [7, 11) is 0. The maximum absolute atomic E-state index is 6.17. The van der Waals surface area contributed by atoms with E-state index in [0.717, 1.165) is 35.0 Å². The Morgan fingerprint density at radius 3 is 2.62 bits per heavy atom. The summed E-state index contributed by atoms with van der Waals surface area (Å²) in [5, 5.41) is 4.27. The number of aromatic nitrogens is 1. The minimum atomic E-state index is 0.345. The average Bonchev–Trinajstić information content (AvgIpc) is 2.52.